The average molecular weight is 294 g/mol. The molecule has 0 bridgehead atoms. The zero-order chi connectivity index (χ0) is 15.1. The Kier molecular flexibility index (Phi) is 6.20. The van der Waals surface area contributed by atoms with Crippen molar-refractivity contribution in [3.05, 3.63) is 11.9 Å². The summed E-state index contributed by atoms with van der Waals surface area (Å²) in [6.45, 7) is 3.70. The first-order valence-electron chi connectivity index (χ1n) is 7.76. The van der Waals surface area contributed by atoms with E-state index < -0.39 is 0 Å². The molecule has 1 fully saturated rings. The molecule has 0 amide bonds. The molecule has 1 atom stereocenters. The van der Waals surface area contributed by atoms with E-state index in [9.17, 15) is 0 Å². The molecule has 1 aromatic heterocycles. The molecular formula is C15H26N4O2. The van der Waals surface area contributed by atoms with Gasteiger partial charge in [0.2, 0.25) is 0 Å². The van der Waals surface area contributed by atoms with E-state index in [1.165, 1.54) is 12.8 Å². The van der Waals surface area contributed by atoms with E-state index >= 15 is 0 Å². The summed E-state index contributed by atoms with van der Waals surface area (Å²) in [6, 6.07) is 1.99. The number of aliphatic hydroxyl groups is 1. The number of aliphatic hydroxyl groups excluding tert-OH is 1. The number of methoxy groups -OCH3 is 1. The normalized spacial score (nSPS) is 15.8. The maximum absolute atomic E-state index is 9.12. The first-order chi connectivity index (χ1) is 10.3. The van der Waals surface area contributed by atoms with Gasteiger partial charge in [-0.2, -0.15) is 0 Å². The lowest BCUT2D eigenvalue weighted by atomic mass is 10.2. The fourth-order valence-corrected chi connectivity index (χ4v) is 2.17. The fourth-order valence-electron chi connectivity index (χ4n) is 2.17. The Hall–Kier alpha value is -1.40. The predicted octanol–water partition coefficient (Wildman–Crippen LogP) is 1.99. The summed E-state index contributed by atoms with van der Waals surface area (Å²) in [5, 5.41) is 15.8. The van der Waals surface area contributed by atoms with Crippen molar-refractivity contribution < 1.29 is 9.84 Å². The molecule has 6 heteroatoms. The van der Waals surface area contributed by atoms with E-state index in [0.29, 0.717) is 18.9 Å². The lowest BCUT2D eigenvalue weighted by Gasteiger charge is -2.18. The SMILES string of the molecule is CCCNc1cc(NC(CCO)COC)nc(C2CC2)n1. The van der Waals surface area contributed by atoms with Crippen LogP contribution in [0.4, 0.5) is 11.6 Å². The van der Waals surface area contributed by atoms with E-state index in [1.807, 2.05) is 6.07 Å². The quantitative estimate of drug-likeness (QED) is 0.612. The smallest absolute Gasteiger partial charge is 0.136 e. The molecule has 0 aromatic carbocycles. The first kappa shape index (κ1) is 16.0. The van der Waals surface area contributed by atoms with Crippen LogP contribution in [0.5, 0.6) is 0 Å². The Labute approximate surface area is 126 Å². The molecule has 1 heterocycles. The number of anilines is 2. The summed E-state index contributed by atoms with van der Waals surface area (Å²) in [6.07, 6.45) is 4.04. The van der Waals surface area contributed by atoms with E-state index in [2.05, 4.69) is 27.5 Å². The molecule has 118 valence electrons. The number of aromatic nitrogens is 2. The zero-order valence-corrected chi connectivity index (χ0v) is 12.9. The number of hydrogen-bond acceptors (Lipinski definition) is 6. The highest BCUT2D eigenvalue weighted by Gasteiger charge is 2.27. The van der Waals surface area contributed by atoms with Gasteiger partial charge in [0, 0.05) is 32.2 Å². The van der Waals surface area contributed by atoms with E-state index in [1.54, 1.807) is 7.11 Å². The molecule has 1 aliphatic rings. The molecule has 0 saturated heterocycles. The van der Waals surface area contributed by atoms with Crippen LogP contribution < -0.4 is 10.6 Å². The predicted molar refractivity (Wildman–Crippen MR) is 83.8 cm³/mol. The van der Waals surface area contributed by atoms with Crippen molar-refractivity contribution in [1.82, 2.24) is 9.97 Å². The summed E-state index contributed by atoms with van der Waals surface area (Å²) < 4.78 is 5.18. The molecule has 0 aliphatic heterocycles. The number of ether oxygens (including phenoxy) is 1. The number of nitrogens with zero attached hydrogens (tertiary/aromatic N) is 2. The standard InChI is InChI=1S/C15H26N4O2/c1-3-7-16-13-9-14(17-12(6-8-20)10-21-2)19-15(18-13)11-4-5-11/h9,11-12,20H,3-8,10H2,1-2H3,(H2,16,17,18,19). The van der Waals surface area contributed by atoms with Crippen LogP contribution in [0, 0.1) is 0 Å². The topological polar surface area (TPSA) is 79.3 Å². The Morgan fingerprint density at radius 2 is 2.14 bits per heavy atom. The number of hydrogen-bond donors (Lipinski definition) is 3. The van der Waals surface area contributed by atoms with Crippen molar-refractivity contribution in [3.8, 4) is 0 Å². The lowest BCUT2D eigenvalue weighted by Crippen LogP contribution is -2.27. The van der Waals surface area contributed by atoms with Gasteiger partial charge in [-0.25, -0.2) is 9.97 Å². The Morgan fingerprint density at radius 3 is 2.76 bits per heavy atom. The van der Waals surface area contributed by atoms with Crippen molar-refractivity contribution >= 4 is 11.6 Å². The second kappa shape index (κ2) is 8.14. The average Bonchev–Trinajstić information content (AvgIpc) is 3.30. The zero-order valence-electron chi connectivity index (χ0n) is 12.9. The first-order valence-corrected chi connectivity index (χ1v) is 7.76. The van der Waals surface area contributed by atoms with Crippen LogP contribution in [-0.2, 0) is 4.74 Å². The molecule has 2 rings (SSSR count). The van der Waals surface area contributed by atoms with Gasteiger partial charge in [0.25, 0.3) is 0 Å². The largest absolute Gasteiger partial charge is 0.396 e. The van der Waals surface area contributed by atoms with Crippen molar-refractivity contribution in [1.29, 1.82) is 0 Å². The maximum Gasteiger partial charge on any atom is 0.136 e. The van der Waals surface area contributed by atoms with E-state index in [4.69, 9.17) is 9.84 Å². The molecular weight excluding hydrogens is 268 g/mol. The fraction of sp³-hybridized carbons (Fsp3) is 0.733. The van der Waals surface area contributed by atoms with Gasteiger partial charge < -0.3 is 20.5 Å². The second-order valence-electron chi connectivity index (χ2n) is 5.51. The highest BCUT2D eigenvalue weighted by molar-refractivity contribution is 5.48. The van der Waals surface area contributed by atoms with Gasteiger partial charge in [-0.15, -0.1) is 0 Å². The summed E-state index contributed by atoms with van der Waals surface area (Å²) >= 11 is 0. The molecule has 3 N–H and O–H groups in total. The van der Waals surface area contributed by atoms with E-state index in [0.717, 1.165) is 30.4 Å². The summed E-state index contributed by atoms with van der Waals surface area (Å²) in [5.41, 5.74) is 0. The van der Waals surface area contributed by atoms with E-state index in [-0.39, 0.29) is 12.6 Å². The molecule has 6 nitrogen and oxygen atoms in total. The molecule has 0 spiro atoms. The Balaban J connectivity index is 2.10. The Bertz CT molecular complexity index is 432. The van der Waals surface area contributed by atoms with Crippen LogP contribution in [-0.4, -0.2) is 48.0 Å². The molecule has 1 unspecified atom stereocenters. The summed E-state index contributed by atoms with van der Waals surface area (Å²) in [4.78, 5) is 9.20. The third kappa shape index (κ3) is 5.13. The summed E-state index contributed by atoms with van der Waals surface area (Å²) in [5.74, 6) is 3.10. The van der Waals surface area contributed by atoms with Gasteiger partial charge >= 0.3 is 0 Å². The summed E-state index contributed by atoms with van der Waals surface area (Å²) in [7, 11) is 1.66. The van der Waals surface area contributed by atoms with Crippen molar-refractivity contribution in [2.45, 2.75) is 44.6 Å². The highest BCUT2D eigenvalue weighted by atomic mass is 16.5. The van der Waals surface area contributed by atoms with Crippen LogP contribution in [0.2, 0.25) is 0 Å². The van der Waals surface area contributed by atoms with Gasteiger partial charge in [0.05, 0.1) is 12.6 Å². The van der Waals surface area contributed by atoms with Crippen molar-refractivity contribution in [2.24, 2.45) is 0 Å². The number of rotatable bonds is 10. The van der Waals surface area contributed by atoms with Gasteiger partial charge in [-0.05, 0) is 25.7 Å². The molecule has 1 saturated carbocycles. The van der Waals surface area contributed by atoms with Crippen LogP contribution in [0.1, 0.15) is 44.3 Å². The van der Waals surface area contributed by atoms with Crippen LogP contribution >= 0.6 is 0 Å². The van der Waals surface area contributed by atoms with Gasteiger partial charge in [0.15, 0.2) is 0 Å². The van der Waals surface area contributed by atoms with Crippen LogP contribution in [0.25, 0.3) is 0 Å². The van der Waals surface area contributed by atoms with Gasteiger partial charge in [-0.3, -0.25) is 0 Å². The second-order valence-corrected chi connectivity index (χ2v) is 5.51. The molecule has 0 radical (unpaired) electrons. The van der Waals surface area contributed by atoms with Crippen molar-refractivity contribution in [2.75, 3.05) is 37.5 Å². The monoisotopic (exact) mass is 294 g/mol. The van der Waals surface area contributed by atoms with Crippen LogP contribution in [0.15, 0.2) is 6.07 Å². The molecule has 1 aliphatic carbocycles. The van der Waals surface area contributed by atoms with Crippen molar-refractivity contribution in [3.63, 3.8) is 0 Å². The van der Waals surface area contributed by atoms with Gasteiger partial charge in [0.1, 0.15) is 17.5 Å². The minimum Gasteiger partial charge on any atom is -0.396 e. The minimum absolute atomic E-state index is 0.0565. The number of nitrogens with one attached hydrogen (secondary N) is 2. The molecule has 1 aromatic rings. The van der Waals surface area contributed by atoms with Crippen LogP contribution in [0.3, 0.4) is 0 Å². The third-order valence-corrected chi connectivity index (χ3v) is 3.44. The van der Waals surface area contributed by atoms with Gasteiger partial charge in [-0.1, -0.05) is 6.92 Å². The third-order valence-electron chi connectivity index (χ3n) is 3.44. The Morgan fingerprint density at radius 1 is 1.38 bits per heavy atom. The highest BCUT2D eigenvalue weighted by Crippen LogP contribution is 2.38. The lowest BCUT2D eigenvalue weighted by molar-refractivity contribution is 0.170. The maximum atomic E-state index is 9.12. The molecule has 21 heavy (non-hydrogen) atoms. The minimum atomic E-state index is 0.0565.